The molecule has 1 saturated carbocycles. The lowest BCUT2D eigenvalue weighted by molar-refractivity contribution is 0.0793. The molecule has 2 heterocycles. The third-order valence-electron chi connectivity index (χ3n) is 5.73. The van der Waals surface area contributed by atoms with Gasteiger partial charge in [0.2, 0.25) is 0 Å². The van der Waals surface area contributed by atoms with E-state index in [9.17, 15) is 4.79 Å². The summed E-state index contributed by atoms with van der Waals surface area (Å²) < 4.78 is 5.74. The zero-order valence-electron chi connectivity index (χ0n) is 16.1. The Kier molecular flexibility index (Phi) is 5.69. The first-order valence-corrected chi connectivity index (χ1v) is 10.2. The Morgan fingerprint density at radius 3 is 2.81 bits per heavy atom. The molecule has 1 aliphatic heterocycles. The number of benzene rings is 1. The first-order chi connectivity index (χ1) is 13.2. The minimum absolute atomic E-state index is 0.0530. The summed E-state index contributed by atoms with van der Waals surface area (Å²) in [6.45, 7) is 2.71. The smallest absolute Gasteiger partial charge is 0.251 e. The lowest BCUT2D eigenvalue weighted by atomic mass is 10.0. The standard InChI is InChI=1S/C22H29N3O2/c1-25(15-19-10-5-11-27-19)14-16-6-4-9-18(12-16)22-23-20(13-21(26)24-22)17-7-2-3-8-17/h4,6,9,12-13,17,19H,2-3,5,7-8,10-11,14-15H2,1H3,(H,23,24,26)/t19-/m1/s1. The maximum absolute atomic E-state index is 12.2. The molecule has 27 heavy (non-hydrogen) atoms. The molecule has 0 radical (unpaired) electrons. The summed E-state index contributed by atoms with van der Waals surface area (Å²) in [5.41, 5.74) is 3.10. The number of likely N-dealkylation sites (N-methyl/N-ethyl adjacent to an activating group) is 1. The molecule has 2 aliphatic rings. The molecule has 2 fully saturated rings. The monoisotopic (exact) mass is 367 g/mol. The maximum atomic E-state index is 12.2. The van der Waals surface area contributed by atoms with Gasteiger partial charge in [0.15, 0.2) is 0 Å². The molecule has 1 atom stereocenters. The van der Waals surface area contributed by atoms with E-state index in [1.165, 1.54) is 24.8 Å². The molecule has 144 valence electrons. The summed E-state index contributed by atoms with van der Waals surface area (Å²) >= 11 is 0. The quantitative estimate of drug-likeness (QED) is 0.846. The van der Waals surface area contributed by atoms with Gasteiger partial charge in [-0.1, -0.05) is 31.0 Å². The molecule has 1 aromatic heterocycles. The Balaban J connectivity index is 1.50. The van der Waals surface area contributed by atoms with Crippen LogP contribution >= 0.6 is 0 Å². The summed E-state index contributed by atoms with van der Waals surface area (Å²) in [4.78, 5) is 22.2. The summed E-state index contributed by atoms with van der Waals surface area (Å²) in [6.07, 6.45) is 7.45. The first-order valence-electron chi connectivity index (χ1n) is 10.2. The number of aromatic nitrogens is 2. The Labute approximate surface area is 160 Å². The van der Waals surface area contributed by atoms with Gasteiger partial charge >= 0.3 is 0 Å². The Hall–Kier alpha value is -1.98. The lowest BCUT2D eigenvalue weighted by Gasteiger charge is -2.20. The Morgan fingerprint density at radius 1 is 1.19 bits per heavy atom. The van der Waals surface area contributed by atoms with Crippen LogP contribution in [0.25, 0.3) is 11.4 Å². The summed E-state index contributed by atoms with van der Waals surface area (Å²) in [6, 6.07) is 10.0. The van der Waals surface area contributed by atoms with E-state index in [2.05, 4.69) is 29.1 Å². The highest BCUT2D eigenvalue weighted by molar-refractivity contribution is 5.56. The van der Waals surface area contributed by atoms with Crippen LogP contribution in [0, 0.1) is 0 Å². The van der Waals surface area contributed by atoms with Crippen molar-refractivity contribution < 1.29 is 4.74 Å². The fraction of sp³-hybridized carbons (Fsp3) is 0.545. The van der Waals surface area contributed by atoms with E-state index in [1.807, 2.05) is 12.1 Å². The van der Waals surface area contributed by atoms with Crippen LogP contribution < -0.4 is 5.56 Å². The van der Waals surface area contributed by atoms with Gasteiger partial charge in [-0.15, -0.1) is 0 Å². The molecule has 5 heteroatoms. The van der Waals surface area contributed by atoms with Gasteiger partial charge in [-0.2, -0.15) is 0 Å². The van der Waals surface area contributed by atoms with E-state index in [-0.39, 0.29) is 5.56 Å². The highest BCUT2D eigenvalue weighted by Crippen LogP contribution is 2.33. The van der Waals surface area contributed by atoms with E-state index in [0.717, 1.165) is 50.2 Å². The number of hydrogen-bond acceptors (Lipinski definition) is 4. The van der Waals surface area contributed by atoms with Gasteiger partial charge in [0.1, 0.15) is 5.82 Å². The van der Waals surface area contributed by atoms with Gasteiger partial charge < -0.3 is 9.72 Å². The fourth-order valence-electron chi connectivity index (χ4n) is 4.37. The van der Waals surface area contributed by atoms with Crippen molar-refractivity contribution in [2.45, 2.75) is 57.1 Å². The average molecular weight is 367 g/mol. The highest BCUT2D eigenvalue weighted by atomic mass is 16.5. The number of rotatable bonds is 6. The fourth-order valence-corrected chi connectivity index (χ4v) is 4.37. The van der Waals surface area contributed by atoms with Crippen molar-refractivity contribution in [1.29, 1.82) is 0 Å². The minimum Gasteiger partial charge on any atom is -0.377 e. The average Bonchev–Trinajstić information content (AvgIpc) is 3.35. The van der Waals surface area contributed by atoms with E-state index < -0.39 is 0 Å². The van der Waals surface area contributed by atoms with Crippen LogP contribution in [0.4, 0.5) is 0 Å². The summed E-state index contributed by atoms with van der Waals surface area (Å²) in [5.74, 6) is 1.12. The van der Waals surface area contributed by atoms with E-state index >= 15 is 0 Å². The summed E-state index contributed by atoms with van der Waals surface area (Å²) in [7, 11) is 2.13. The lowest BCUT2D eigenvalue weighted by Crippen LogP contribution is -2.28. The second-order valence-corrected chi connectivity index (χ2v) is 8.03. The van der Waals surface area contributed by atoms with Crippen LogP contribution in [0.15, 0.2) is 35.1 Å². The molecule has 5 nitrogen and oxygen atoms in total. The van der Waals surface area contributed by atoms with Crippen molar-refractivity contribution in [3.8, 4) is 11.4 Å². The van der Waals surface area contributed by atoms with Crippen molar-refractivity contribution in [1.82, 2.24) is 14.9 Å². The van der Waals surface area contributed by atoms with Crippen molar-refractivity contribution in [2.75, 3.05) is 20.2 Å². The number of aromatic amines is 1. The van der Waals surface area contributed by atoms with Gasteiger partial charge in [-0.25, -0.2) is 4.98 Å². The topological polar surface area (TPSA) is 58.2 Å². The van der Waals surface area contributed by atoms with Crippen LogP contribution in [0.1, 0.15) is 55.7 Å². The zero-order valence-corrected chi connectivity index (χ0v) is 16.1. The van der Waals surface area contributed by atoms with E-state index in [4.69, 9.17) is 9.72 Å². The molecular formula is C22H29N3O2. The second kappa shape index (κ2) is 8.36. The minimum atomic E-state index is -0.0530. The molecule has 2 aromatic rings. The molecule has 0 unspecified atom stereocenters. The molecule has 1 saturated heterocycles. The third kappa shape index (κ3) is 4.66. The van der Waals surface area contributed by atoms with Gasteiger partial charge in [0.25, 0.3) is 5.56 Å². The summed E-state index contributed by atoms with van der Waals surface area (Å²) in [5, 5.41) is 0. The number of H-pyrrole nitrogens is 1. The van der Waals surface area contributed by atoms with Crippen molar-refractivity contribution in [3.63, 3.8) is 0 Å². The maximum Gasteiger partial charge on any atom is 0.251 e. The predicted octanol–water partition coefficient (Wildman–Crippen LogP) is 3.71. The number of hydrogen-bond donors (Lipinski definition) is 1. The Morgan fingerprint density at radius 2 is 2.04 bits per heavy atom. The highest BCUT2D eigenvalue weighted by Gasteiger charge is 2.20. The molecule has 1 N–H and O–H groups in total. The van der Waals surface area contributed by atoms with E-state index in [0.29, 0.717) is 17.8 Å². The first kappa shape index (κ1) is 18.4. The van der Waals surface area contributed by atoms with Crippen LogP contribution in [-0.2, 0) is 11.3 Å². The van der Waals surface area contributed by atoms with Gasteiger partial charge in [0, 0.05) is 37.2 Å². The van der Waals surface area contributed by atoms with Gasteiger partial charge in [-0.05, 0) is 44.4 Å². The van der Waals surface area contributed by atoms with Crippen molar-refractivity contribution >= 4 is 0 Å². The normalized spacial score (nSPS) is 20.6. The number of ether oxygens (including phenoxy) is 1. The Bertz CT molecular complexity index is 820. The van der Waals surface area contributed by atoms with Gasteiger partial charge in [0.05, 0.1) is 11.8 Å². The SMILES string of the molecule is CN(Cc1cccc(-c2nc(C3CCCC3)cc(=O)[nH]2)c1)C[C@H]1CCCO1. The molecule has 0 amide bonds. The molecule has 0 spiro atoms. The van der Waals surface area contributed by atoms with Crippen molar-refractivity contribution in [3.05, 3.63) is 51.9 Å². The molecule has 4 rings (SSSR count). The number of nitrogens with one attached hydrogen (secondary N) is 1. The largest absolute Gasteiger partial charge is 0.377 e. The van der Waals surface area contributed by atoms with Gasteiger partial charge in [-0.3, -0.25) is 9.69 Å². The van der Waals surface area contributed by atoms with Crippen LogP contribution in [0.3, 0.4) is 0 Å². The van der Waals surface area contributed by atoms with Crippen LogP contribution in [0.5, 0.6) is 0 Å². The molecule has 1 aliphatic carbocycles. The predicted molar refractivity (Wildman–Crippen MR) is 107 cm³/mol. The second-order valence-electron chi connectivity index (χ2n) is 8.03. The van der Waals surface area contributed by atoms with Crippen molar-refractivity contribution in [2.24, 2.45) is 0 Å². The number of nitrogens with zero attached hydrogens (tertiary/aromatic N) is 2. The van der Waals surface area contributed by atoms with E-state index in [1.54, 1.807) is 6.07 Å². The van der Waals surface area contributed by atoms with Crippen LogP contribution in [0.2, 0.25) is 0 Å². The molecular weight excluding hydrogens is 338 g/mol. The zero-order chi connectivity index (χ0) is 18.6. The third-order valence-corrected chi connectivity index (χ3v) is 5.73. The van der Waals surface area contributed by atoms with Crippen LogP contribution in [-0.4, -0.2) is 41.2 Å². The molecule has 1 aromatic carbocycles. The molecule has 0 bridgehead atoms.